The number of nitrogens with zero attached hydrogens (tertiary/aromatic N) is 3. The first-order chi connectivity index (χ1) is 11.0. The van der Waals surface area contributed by atoms with Gasteiger partial charge in [-0.2, -0.15) is 9.97 Å². The fourth-order valence-corrected chi connectivity index (χ4v) is 3.33. The van der Waals surface area contributed by atoms with Gasteiger partial charge in [0.05, 0.1) is 6.54 Å². The first-order valence-corrected chi connectivity index (χ1v) is 8.10. The number of hydrogen-bond donors (Lipinski definition) is 2. The Morgan fingerprint density at radius 1 is 1.35 bits per heavy atom. The van der Waals surface area contributed by atoms with Gasteiger partial charge in [-0.05, 0) is 29.9 Å². The number of nitrogens with two attached hydrogens (primary N) is 1. The molecule has 1 aromatic carbocycles. The van der Waals surface area contributed by atoms with Crippen LogP contribution in [0.2, 0.25) is 5.15 Å². The second-order valence-electron chi connectivity index (χ2n) is 4.88. The summed E-state index contributed by atoms with van der Waals surface area (Å²) in [6.07, 6.45) is 0. The van der Waals surface area contributed by atoms with Gasteiger partial charge in [-0.1, -0.05) is 27.5 Å². The molecule has 0 radical (unpaired) electrons. The number of aromatic amines is 1. The number of anilines is 1. The van der Waals surface area contributed by atoms with Gasteiger partial charge in [-0.15, -0.1) is 0 Å². The van der Waals surface area contributed by atoms with Crippen LogP contribution in [0.5, 0.6) is 11.5 Å². The fraction of sp³-hybridized carbons (Fsp3) is 0.154. The molecule has 23 heavy (non-hydrogen) atoms. The number of H-pyrrole nitrogens is 1. The molecular formula is C13H9BrClN5O2S. The molecule has 0 bridgehead atoms. The van der Waals surface area contributed by atoms with Crippen molar-refractivity contribution in [3.05, 3.63) is 32.1 Å². The lowest BCUT2D eigenvalue weighted by atomic mass is 10.2. The van der Waals surface area contributed by atoms with Gasteiger partial charge < -0.3 is 20.2 Å². The van der Waals surface area contributed by atoms with E-state index in [4.69, 9.17) is 39.0 Å². The summed E-state index contributed by atoms with van der Waals surface area (Å²) in [5.74, 6) is 1.49. The highest BCUT2D eigenvalue weighted by Crippen LogP contribution is 2.37. The number of aromatic nitrogens is 4. The standard InChI is InChI=1S/C13H9BrClN5O2S/c14-6-2-8-7(21-4-22-8)1-5(6)3-20-11-9(17-13(20)23)10(15)18-12(16)19-11/h1-2H,3-4H2,(H,17,23)(H2,16,18,19). The van der Waals surface area contributed by atoms with Gasteiger partial charge in [0.15, 0.2) is 27.1 Å². The second kappa shape index (κ2) is 5.36. The zero-order chi connectivity index (χ0) is 16.1. The van der Waals surface area contributed by atoms with Gasteiger partial charge in [-0.3, -0.25) is 4.57 Å². The van der Waals surface area contributed by atoms with Crippen LogP contribution in [-0.4, -0.2) is 26.3 Å². The first-order valence-electron chi connectivity index (χ1n) is 6.52. The van der Waals surface area contributed by atoms with Crippen LogP contribution in [-0.2, 0) is 6.54 Å². The molecule has 0 fully saturated rings. The van der Waals surface area contributed by atoms with Crippen molar-refractivity contribution in [3.8, 4) is 11.5 Å². The predicted octanol–water partition coefficient (Wildman–Crippen LogP) is 3.26. The Morgan fingerprint density at radius 3 is 2.87 bits per heavy atom. The number of benzene rings is 1. The van der Waals surface area contributed by atoms with E-state index < -0.39 is 0 Å². The SMILES string of the molecule is Nc1nc(Cl)c2[nH]c(=S)n(Cc3cc4c(cc3Br)OCO4)c2n1. The summed E-state index contributed by atoms with van der Waals surface area (Å²) in [6, 6.07) is 3.77. The van der Waals surface area contributed by atoms with E-state index >= 15 is 0 Å². The van der Waals surface area contributed by atoms with E-state index in [1.165, 1.54) is 0 Å². The minimum Gasteiger partial charge on any atom is -0.454 e. The summed E-state index contributed by atoms with van der Waals surface area (Å²) in [5.41, 5.74) is 7.76. The van der Waals surface area contributed by atoms with E-state index in [0.29, 0.717) is 34.0 Å². The molecule has 0 amide bonds. The number of fused-ring (bicyclic) bond motifs is 2. The van der Waals surface area contributed by atoms with E-state index in [-0.39, 0.29) is 17.9 Å². The largest absolute Gasteiger partial charge is 0.454 e. The van der Waals surface area contributed by atoms with Crippen molar-refractivity contribution in [2.45, 2.75) is 6.54 Å². The van der Waals surface area contributed by atoms with Crippen LogP contribution in [0.15, 0.2) is 16.6 Å². The normalized spacial score (nSPS) is 13.0. The summed E-state index contributed by atoms with van der Waals surface area (Å²) in [4.78, 5) is 11.2. The molecule has 118 valence electrons. The lowest BCUT2D eigenvalue weighted by molar-refractivity contribution is 0.174. The van der Waals surface area contributed by atoms with Crippen LogP contribution in [0, 0.1) is 4.77 Å². The van der Waals surface area contributed by atoms with Crippen molar-refractivity contribution in [2.75, 3.05) is 12.5 Å². The Balaban J connectivity index is 1.85. The number of hydrogen-bond acceptors (Lipinski definition) is 6. The van der Waals surface area contributed by atoms with Crippen LogP contribution >= 0.6 is 39.7 Å². The number of ether oxygens (including phenoxy) is 2. The molecule has 3 aromatic rings. The van der Waals surface area contributed by atoms with Gasteiger partial charge in [-0.25, -0.2) is 0 Å². The molecule has 0 unspecified atom stereocenters. The Bertz CT molecular complexity index is 1000. The molecule has 0 atom stereocenters. The number of nitrogens with one attached hydrogen (secondary N) is 1. The molecule has 1 aliphatic heterocycles. The molecule has 4 rings (SSSR count). The van der Waals surface area contributed by atoms with Gasteiger partial charge in [0.1, 0.15) is 5.52 Å². The van der Waals surface area contributed by atoms with Crippen LogP contribution in [0.25, 0.3) is 11.2 Å². The third-order valence-corrected chi connectivity index (χ3v) is 4.80. The smallest absolute Gasteiger partial charge is 0.231 e. The Labute approximate surface area is 148 Å². The summed E-state index contributed by atoms with van der Waals surface area (Å²) < 4.78 is 13.9. The molecular weight excluding hydrogens is 406 g/mol. The fourth-order valence-electron chi connectivity index (χ4n) is 2.41. The molecule has 7 nitrogen and oxygen atoms in total. The van der Waals surface area contributed by atoms with E-state index in [2.05, 4.69) is 30.9 Å². The number of nitrogen functional groups attached to an aromatic ring is 1. The van der Waals surface area contributed by atoms with Crippen LogP contribution in [0.1, 0.15) is 5.56 Å². The third-order valence-electron chi connectivity index (χ3n) is 3.47. The van der Waals surface area contributed by atoms with Gasteiger partial charge in [0.25, 0.3) is 0 Å². The molecule has 3 heterocycles. The predicted molar refractivity (Wildman–Crippen MR) is 91.5 cm³/mol. The van der Waals surface area contributed by atoms with Crippen molar-refractivity contribution < 1.29 is 9.47 Å². The Hall–Kier alpha value is -1.84. The van der Waals surface area contributed by atoms with Crippen LogP contribution in [0.4, 0.5) is 5.95 Å². The monoisotopic (exact) mass is 413 g/mol. The minimum absolute atomic E-state index is 0.0926. The molecule has 0 saturated heterocycles. The summed E-state index contributed by atoms with van der Waals surface area (Å²) in [7, 11) is 0. The average Bonchev–Trinajstić information content (AvgIpc) is 3.05. The van der Waals surface area contributed by atoms with E-state index in [9.17, 15) is 0 Å². The van der Waals surface area contributed by atoms with Crippen molar-refractivity contribution in [2.24, 2.45) is 0 Å². The molecule has 1 aliphatic rings. The van der Waals surface area contributed by atoms with Gasteiger partial charge in [0, 0.05) is 4.47 Å². The maximum atomic E-state index is 6.09. The van der Waals surface area contributed by atoms with Crippen molar-refractivity contribution in [1.82, 2.24) is 19.5 Å². The van der Waals surface area contributed by atoms with Crippen molar-refractivity contribution >= 4 is 56.9 Å². The molecule has 10 heteroatoms. The zero-order valence-corrected chi connectivity index (χ0v) is 14.6. The highest BCUT2D eigenvalue weighted by Gasteiger charge is 2.18. The average molecular weight is 415 g/mol. The highest BCUT2D eigenvalue weighted by atomic mass is 79.9. The van der Waals surface area contributed by atoms with Crippen molar-refractivity contribution in [3.63, 3.8) is 0 Å². The number of rotatable bonds is 2. The zero-order valence-electron chi connectivity index (χ0n) is 11.5. The van der Waals surface area contributed by atoms with Crippen molar-refractivity contribution in [1.29, 1.82) is 0 Å². The van der Waals surface area contributed by atoms with E-state index in [1.54, 1.807) is 4.57 Å². The number of imidazole rings is 1. The van der Waals surface area contributed by atoms with E-state index in [1.807, 2.05) is 12.1 Å². The molecule has 0 saturated carbocycles. The summed E-state index contributed by atoms with van der Waals surface area (Å²) in [5, 5.41) is 0.238. The Kier molecular flexibility index (Phi) is 3.43. The van der Waals surface area contributed by atoms with Crippen LogP contribution in [0.3, 0.4) is 0 Å². The lowest BCUT2D eigenvalue weighted by Crippen LogP contribution is -2.04. The second-order valence-corrected chi connectivity index (χ2v) is 6.48. The number of halogens is 2. The maximum absolute atomic E-state index is 6.09. The topological polar surface area (TPSA) is 91.0 Å². The highest BCUT2D eigenvalue weighted by molar-refractivity contribution is 9.10. The van der Waals surface area contributed by atoms with E-state index in [0.717, 1.165) is 10.0 Å². The molecule has 2 aromatic heterocycles. The minimum atomic E-state index is 0.0926. The molecule has 0 spiro atoms. The quantitative estimate of drug-likeness (QED) is 0.494. The molecule has 3 N–H and O–H groups in total. The first kappa shape index (κ1) is 14.7. The maximum Gasteiger partial charge on any atom is 0.231 e. The van der Waals surface area contributed by atoms with Crippen LogP contribution < -0.4 is 15.2 Å². The molecule has 0 aliphatic carbocycles. The summed E-state index contributed by atoms with van der Waals surface area (Å²) in [6.45, 7) is 0.681. The Morgan fingerprint density at radius 2 is 2.09 bits per heavy atom. The third kappa shape index (κ3) is 2.44. The summed E-state index contributed by atoms with van der Waals surface area (Å²) >= 11 is 15.0. The lowest BCUT2D eigenvalue weighted by Gasteiger charge is -2.08. The van der Waals surface area contributed by atoms with Gasteiger partial charge >= 0.3 is 0 Å². The van der Waals surface area contributed by atoms with Gasteiger partial charge in [0.2, 0.25) is 12.7 Å².